The van der Waals surface area contributed by atoms with E-state index in [4.69, 9.17) is 4.74 Å². The molecule has 2 aromatic rings. The highest BCUT2D eigenvalue weighted by atomic mass is 19.1. The number of hydrogen-bond donors (Lipinski definition) is 0. The predicted octanol–water partition coefficient (Wildman–Crippen LogP) is 3.54. The Morgan fingerprint density at radius 2 is 2.03 bits per heavy atom. The van der Waals surface area contributed by atoms with Gasteiger partial charge in [0, 0.05) is 33.3 Å². The van der Waals surface area contributed by atoms with Crippen LogP contribution in [-0.4, -0.2) is 61.5 Å². The predicted molar refractivity (Wildman–Crippen MR) is 119 cm³/mol. The smallest absolute Gasteiger partial charge is 0.228 e. The minimum Gasteiger partial charge on any atom is -0.384 e. The number of halogens is 1. The maximum Gasteiger partial charge on any atom is 0.228 e. The van der Waals surface area contributed by atoms with Crippen molar-refractivity contribution in [3.63, 3.8) is 0 Å². The van der Waals surface area contributed by atoms with Gasteiger partial charge in [-0.25, -0.2) is 4.39 Å². The molecule has 3 rings (SSSR count). The number of hydrogen-bond acceptors (Lipinski definition) is 3. The molecule has 0 bridgehead atoms. The van der Waals surface area contributed by atoms with Crippen molar-refractivity contribution in [3.8, 4) is 11.1 Å². The summed E-state index contributed by atoms with van der Waals surface area (Å²) >= 11 is 0. The van der Waals surface area contributed by atoms with E-state index < -0.39 is 0 Å². The van der Waals surface area contributed by atoms with E-state index in [1.54, 1.807) is 29.1 Å². The Morgan fingerprint density at radius 1 is 1.23 bits per heavy atom. The molecule has 0 aliphatic carbocycles. The molecule has 1 fully saturated rings. The highest BCUT2D eigenvalue weighted by Gasteiger charge is 2.32. The van der Waals surface area contributed by atoms with Crippen molar-refractivity contribution in [1.82, 2.24) is 9.80 Å². The van der Waals surface area contributed by atoms with E-state index in [2.05, 4.69) is 6.58 Å². The van der Waals surface area contributed by atoms with Gasteiger partial charge in [-0.2, -0.15) is 0 Å². The van der Waals surface area contributed by atoms with Gasteiger partial charge < -0.3 is 14.5 Å². The molecule has 1 saturated heterocycles. The average Bonchev–Trinajstić information content (AvgIpc) is 2.92. The first-order chi connectivity index (χ1) is 15.0. The summed E-state index contributed by atoms with van der Waals surface area (Å²) in [6.45, 7) is 5.88. The lowest BCUT2D eigenvalue weighted by atomic mass is 9.91. The molecule has 0 radical (unpaired) electrons. The van der Waals surface area contributed by atoms with Crippen molar-refractivity contribution in [2.24, 2.45) is 5.92 Å². The van der Waals surface area contributed by atoms with E-state index >= 15 is 0 Å². The van der Waals surface area contributed by atoms with Gasteiger partial charge in [-0.15, -0.1) is 6.58 Å². The summed E-state index contributed by atoms with van der Waals surface area (Å²) < 4.78 is 18.9. The number of amides is 2. The zero-order valence-corrected chi connectivity index (χ0v) is 17.9. The van der Waals surface area contributed by atoms with Crippen LogP contribution in [0.4, 0.5) is 4.39 Å². The molecule has 164 valence electrons. The number of ether oxygens (including phenoxy) is 1. The fourth-order valence-electron chi connectivity index (χ4n) is 4.01. The highest BCUT2D eigenvalue weighted by Crippen LogP contribution is 2.28. The van der Waals surface area contributed by atoms with E-state index in [1.807, 2.05) is 30.3 Å². The van der Waals surface area contributed by atoms with Gasteiger partial charge in [0.05, 0.1) is 18.9 Å². The molecule has 0 unspecified atom stereocenters. The normalized spacial score (nSPS) is 16.8. The van der Waals surface area contributed by atoms with E-state index in [0.29, 0.717) is 45.6 Å². The lowest BCUT2D eigenvalue weighted by Crippen LogP contribution is -2.38. The van der Waals surface area contributed by atoms with Crippen molar-refractivity contribution in [1.29, 1.82) is 0 Å². The third-order valence-corrected chi connectivity index (χ3v) is 5.58. The van der Waals surface area contributed by atoms with Crippen LogP contribution in [0.5, 0.6) is 0 Å². The summed E-state index contributed by atoms with van der Waals surface area (Å²) in [5.41, 5.74) is 2.62. The Kier molecular flexibility index (Phi) is 7.95. The number of benzene rings is 2. The Morgan fingerprint density at radius 3 is 2.77 bits per heavy atom. The van der Waals surface area contributed by atoms with Gasteiger partial charge in [0.1, 0.15) is 5.82 Å². The van der Waals surface area contributed by atoms with Crippen molar-refractivity contribution >= 4 is 11.8 Å². The van der Waals surface area contributed by atoms with Gasteiger partial charge in [0.15, 0.2) is 0 Å². The number of carbonyl (C=O) groups excluding carboxylic acids is 2. The molecule has 0 N–H and O–H groups in total. The second kappa shape index (κ2) is 10.9. The number of nitrogens with zero attached hydrogens (tertiary/aromatic N) is 2. The number of carbonyl (C=O) groups is 2. The first-order valence-electron chi connectivity index (χ1n) is 10.5. The summed E-state index contributed by atoms with van der Waals surface area (Å²) in [6, 6.07) is 14.2. The van der Waals surface area contributed by atoms with Crippen LogP contribution in [0.25, 0.3) is 11.1 Å². The van der Waals surface area contributed by atoms with Crippen molar-refractivity contribution in [3.05, 3.63) is 72.6 Å². The molecule has 1 heterocycles. The van der Waals surface area contributed by atoms with Crippen LogP contribution in [0.15, 0.2) is 61.2 Å². The third-order valence-electron chi connectivity index (χ3n) is 5.58. The Hall–Kier alpha value is -2.99. The van der Waals surface area contributed by atoms with Crippen molar-refractivity contribution in [2.75, 3.05) is 39.9 Å². The maximum atomic E-state index is 13.8. The molecule has 5 nitrogen and oxygen atoms in total. The molecule has 1 aliphatic heterocycles. The zero-order chi connectivity index (χ0) is 22.2. The van der Waals surface area contributed by atoms with Crippen LogP contribution >= 0.6 is 0 Å². The average molecular weight is 425 g/mol. The van der Waals surface area contributed by atoms with E-state index in [9.17, 15) is 14.0 Å². The molecule has 6 heteroatoms. The molecular weight excluding hydrogens is 395 g/mol. The van der Waals surface area contributed by atoms with Gasteiger partial charge in [-0.05, 0) is 35.2 Å². The second-order valence-electron chi connectivity index (χ2n) is 7.72. The minimum atomic E-state index is -0.386. The largest absolute Gasteiger partial charge is 0.384 e. The van der Waals surface area contributed by atoms with Crippen LogP contribution in [0.3, 0.4) is 0 Å². The van der Waals surface area contributed by atoms with Crippen molar-refractivity contribution in [2.45, 2.75) is 12.8 Å². The van der Waals surface area contributed by atoms with Crippen LogP contribution in [0.2, 0.25) is 0 Å². The molecule has 2 aromatic carbocycles. The molecule has 0 saturated carbocycles. The quantitative estimate of drug-likeness (QED) is 0.609. The second-order valence-corrected chi connectivity index (χ2v) is 7.72. The van der Waals surface area contributed by atoms with Gasteiger partial charge in [-0.1, -0.05) is 42.5 Å². The first-order valence-corrected chi connectivity index (χ1v) is 10.5. The molecule has 1 aliphatic rings. The van der Waals surface area contributed by atoms with Crippen LogP contribution in [0, 0.1) is 11.7 Å². The Balaban J connectivity index is 1.89. The monoisotopic (exact) mass is 424 g/mol. The SMILES string of the molecule is C=CCN1CCN(C(=O)CCOC)C[C@@H](Cc2ccccc2-c2cccc(F)c2)C1=O. The van der Waals surface area contributed by atoms with Crippen LogP contribution in [-0.2, 0) is 20.7 Å². The molecule has 1 atom stereocenters. The molecular formula is C25H29FN2O3. The van der Waals surface area contributed by atoms with Crippen LogP contribution < -0.4 is 0 Å². The van der Waals surface area contributed by atoms with E-state index in [1.165, 1.54) is 12.1 Å². The summed E-state index contributed by atoms with van der Waals surface area (Å²) in [5.74, 6) is -0.692. The minimum absolute atomic E-state index is 0.0102. The number of methoxy groups -OCH3 is 1. The molecule has 0 aromatic heterocycles. The summed E-state index contributed by atoms with van der Waals surface area (Å²) in [7, 11) is 1.57. The third kappa shape index (κ3) is 5.79. The standard InChI is InChI=1S/C25H29FN2O3/c1-3-12-27-13-14-28(24(29)11-15-31-2)18-21(25(27)30)16-19-7-4-5-10-23(19)20-8-6-9-22(26)17-20/h3-10,17,21H,1,11-16,18H2,2H3/t21-/m1/s1. The fraction of sp³-hybridized carbons (Fsp3) is 0.360. The summed E-state index contributed by atoms with van der Waals surface area (Å²) in [6.07, 6.45) is 2.46. The van der Waals surface area contributed by atoms with E-state index in [-0.39, 0.29) is 23.5 Å². The lowest BCUT2D eigenvalue weighted by Gasteiger charge is -2.24. The van der Waals surface area contributed by atoms with Gasteiger partial charge in [0.25, 0.3) is 0 Å². The first kappa shape index (κ1) is 22.7. The lowest BCUT2D eigenvalue weighted by molar-refractivity contribution is -0.134. The number of rotatable bonds is 8. The highest BCUT2D eigenvalue weighted by molar-refractivity contribution is 5.83. The van der Waals surface area contributed by atoms with Crippen molar-refractivity contribution < 1.29 is 18.7 Å². The fourth-order valence-corrected chi connectivity index (χ4v) is 4.01. The van der Waals surface area contributed by atoms with Gasteiger partial charge >= 0.3 is 0 Å². The molecule has 0 spiro atoms. The summed E-state index contributed by atoms with van der Waals surface area (Å²) in [4.78, 5) is 29.5. The summed E-state index contributed by atoms with van der Waals surface area (Å²) in [5, 5.41) is 0. The van der Waals surface area contributed by atoms with E-state index in [0.717, 1.165) is 16.7 Å². The van der Waals surface area contributed by atoms with Gasteiger partial charge in [0.2, 0.25) is 11.8 Å². The Bertz CT molecular complexity index is 930. The topological polar surface area (TPSA) is 49.9 Å². The van der Waals surface area contributed by atoms with Crippen LogP contribution in [0.1, 0.15) is 12.0 Å². The molecule has 2 amide bonds. The Labute approximate surface area is 183 Å². The van der Waals surface area contributed by atoms with Gasteiger partial charge in [-0.3, -0.25) is 9.59 Å². The molecule has 31 heavy (non-hydrogen) atoms. The maximum absolute atomic E-state index is 13.8. The zero-order valence-electron chi connectivity index (χ0n) is 17.9.